The van der Waals surface area contributed by atoms with Gasteiger partial charge < -0.3 is 20.1 Å². The summed E-state index contributed by atoms with van der Waals surface area (Å²) in [6, 6.07) is 10.9. The van der Waals surface area contributed by atoms with E-state index in [-0.39, 0.29) is 0 Å². The van der Waals surface area contributed by atoms with Crippen molar-refractivity contribution in [1.82, 2.24) is 4.98 Å². The van der Waals surface area contributed by atoms with E-state index in [1.54, 1.807) is 18.3 Å². The highest BCUT2D eigenvalue weighted by molar-refractivity contribution is 7.99. The van der Waals surface area contributed by atoms with Crippen molar-refractivity contribution in [1.29, 1.82) is 0 Å². The van der Waals surface area contributed by atoms with E-state index in [0.717, 1.165) is 11.1 Å². The van der Waals surface area contributed by atoms with Gasteiger partial charge in [-0.15, -0.1) is 11.8 Å². The topological polar surface area (TPSA) is 82.8 Å². The second kappa shape index (κ2) is 7.07. The minimum absolute atomic E-state index is 0.309. The Bertz CT molecular complexity index is 669. The number of rotatable bonds is 3. The molecule has 0 saturated carbocycles. The van der Waals surface area contributed by atoms with E-state index < -0.39 is 23.7 Å². The van der Waals surface area contributed by atoms with Crippen LogP contribution in [0.1, 0.15) is 0 Å². The molecular formula is C16H16ClNO4S. The molecule has 1 aliphatic rings. The Hall–Kier alpha value is -1.31. The number of hydrogen-bond donors (Lipinski definition) is 3. The van der Waals surface area contributed by atoms with Crippen LogP contribution in [0.2, 0.25) is 5.15 Å². The van der Waals surface area contributed by atoms with Crippen LogP contribution in [-0.2, 0) is 0 Å². The molecule has 7 heteroatoms. The van der Waals surface area contributed by atoms with Crippen LogP contribution >= 0.6 is 23.4 Å². The lowest BCUT2D eigenvalue weighted by Crippen LogP contribution is -2.50. The number of benzene rings is 1. The molecule has 1 saturated heterocycles. The first-order valence-electron chi connectivity index (χ1n) is 7.09. The minimum atomic E-state index is -1.20. The Morgan fingerprint density at radius 3 is 2.65 bits per heavy atom. The van der Waals surface area contributed by atoms with Gasteiger partial charge in [0.2, 0.25) is 0 Å². The quantitative estimate of drug-likeness (QED) is 0.731. The summed E-state index contributed by atoms with van der Waals surface area (Å²) in [5, 5.41) is 29.7. The molecular weight excluding hydrogens is 338 g/mol. The smallest absolute Gasteiger partial charge is 0.173 e. The predicted octanol–water partition coefficient (Wildman–Crippen LogP) is 1.94. The first kappa shape index (κ1) is 16.5. The number of aliphatic hydroxyl groups excluding tert-OH is 3. The molecule has 2 heterocycles. The van der Waals surface area contributed by atoms with Crippen LogP contribution in [0.3, 0.4) is 0 Å². The maximum atomic E-state index is 10.0. The lowest BCUT2D eigenvalue weighted by molar-refractivity contribution is -0.0786. The number of aliphatic hydroxyl groups is 3. The minimum Gasteiger partial charge on any atom is -0.477 e. The van der Waals surface area contributed by atoms with Gasteiger partial charge in [0.15, 0.2) is 5.44 Å². The molecule has 1 aromatic carbocycles. The van der Waals surface area contributed by atoms with Crippen LogP contribution in [0.4, 0.5) is 0 Å². The van der Waals surface area contributed by atoms with Gasteiger partial charge in [0.1, 0.15) is 23.1 Å². The maximum absolute atomic E-state index is 10.0. The number of nitrogens with zero attached hydrogens (tertiary/aromatic N) is 1. The molecule has 1 fully saturated rings. The molecule has 5 nitrogen and oxygen atoms in total. The zero-order valence-corrected chi connectivity index (χ0v) is 13.6. The van der Waals surface area contributed by atoms with Crippen LogP contribution in [0.15, 0.2) is 42.6 Å². The van der Waals surface area contributed by atoms with Crippen molar-refractivity contribution < 1.29 is 20.1 Å². The molecule has 1 aliphatic heterocycles. The van der Waals surface area contributed by atoms with Crippen molar-refractivity contribution in [2.45, 2.75) is 23.7 Å². The Kier molecular flexibility index (Phi) is 5.08. The molecule has 3 rings (SSSR count). The van der Waals surface area contributed by atoms with Crippen LogP contribution in [0.25, 0.3) is 11.1 Å². The Morgan fingerprint density at radius 2 is 1.91 bits per heavy atom. The molecule has 1 aromatic heterocycles. The molecule has 0 bridgehead atoms. The van der Waals surface area contributed by atoms with E-state index in [4.69, 9.17) is 16.3 Å². The molecule has 122 valence electrons. The van der Waals surface area contributed by atoms with E-state index in [0.29, 0.717) is 16.7 Å². The van der Waals surface area contributed by atoms with Gasteiger partial charge in [-0.3, -0.25) is 0 Å². The Morgan fingerprint density at radius 1 is 1.09 bits per heavy atom. The van der Waals surface area contributed by atoms with Crippen LogP contribution in [0, 0.1) is 0 Å². The number of hydrogen-bond acceptors (Lipinski definition) is 6. The Balaban J connectivity index is 1.76. The van der Waals surface area contributed by atoms with Crippen LogP contribution in [0.5, 0.6) is 5.75 Å². The first-order valence-corrected chi connectivity index (χ1v) is 8.52. The normalized spacial score (nSPS) is 27.7. The number of aromatic nitrogens is 1. The third kappa shape index (κ3) is 3.79. The van der Waals surface area contributed by atoms with Crippen molar-refractivity contribution in [2.24, 2.45) is 0 Å². The van der Waals surface area contributed by atoms with Gasteiger partial charge in [-0.25, -0.2) is 4.98 Å². The molecule has 3 N–H and O–H groups in total. The van der Waals surface area contributed by atoms with Gasteiger partial charge in [-0.05, 0) is 29.8 Å². The second-order valence-electron chi connectivity index (χ2n) is 5.27. The first-order chi connectivity index (χ1) is 11.0. The van der Waals surface area contributed by atoms with Crippen molar-refractivity contribution in [2.75, 3.05) is 5.75 Å². The maximum Gasteiger partial charge on any atom is 0.173 e. The lowest BCUT2D eigenvalue weighted by atomic mass is 10.1. The fourth-order valence-corrected chi connectivity index (χ4v) is 3.55. The second-order valence-corrected chi connectivity index (χ2v) is 6.78. The van der Waals surface area contributed by atoms with Crippen molar-refractivity contribution in [3.63, 3.8) is 0 Å². The highest BCUT2D eigenvalue weighted by Crippen LogP contribution is 2.31. The molecule has 4 atom stereocenters. The highest BCUT2D eigenvalue weighted by atomic mass is 35.5. The molecule has 0 amide bonds. The van der Waals surface area contributed by atoms with Gasteiger partial charge in [0.05, 0.1) is 6.10 Å². The van der Waals surface area contributed by atoms with E-state index in [9.17, 15) is 15.3 Å². The van der Waals surface area contributed by atoms with Crippen molar-refractivity contribution >= 4 is 23.4 Å². The third-order valence-electron chi connectivity index (χ3n) is 3.60. The largest absolute Gasteiger partial charge is 0.477 e. The van der Waals surface area contributed by atoms with E-state index in [1.807, 2.05) is 24.3 Å². The van der Waals surface area contributed by atoms with Crippen LogP contribution in [-0.4, -0.2) is 49.8 Å². The standard InChI is InChI=1S/C16H16ClNO4S/c17-13-5-4-10(7-18-13)9-2-1-3-11(6-9)22-16-15(21)14(20)12(19)8-23-16/h1-7,12,14-16,19-21H,8H2/t12-,14+,15-,16-/m1/s1. The summed E-state index contributed by atoms with van der Waals surface area (Å²) in [7, 11) is 0. The molecule has 0 aliphatic carbocycles. The van der Waals surface area contributed by atoms with Gasteiger partial charge in [-0.2, -0.15) is 0 Å². The van der Waals surface area contributed by atoms with Gasteiger partial charge in [0.25, 0.3) is 0 Å². The van der Waals surface area contributed by atoms with Gasteiger partial charge in [-0.1, -0.05) is 23.7 Å². The summed E-state index contributed by atoms with van der Waals surface area (Å²) >= 11 is 7.06. The summed E-state index contributed by atoms with van der Waals surface area (Å²) in [5.41, 5.74) is 1.17. The monoisotopic (exact) mass is 353 g/mol. The summed E-state index contributed by atoms with van der Waals surface area (Å²) < 4.78 is 5.77. The molecule has 2 aromatic rings. The Labute approximate surface area is 142 Å². The molecule has 0 radical (unpaired) electrons. The van der Waals surface area contributed by atoms with Crippen LogP contribution < -0.4 is 4.74 Å². The predicted molar refractivity (Wildman–Crippen MR) is 89.6 cm³/mol. The van der Waals surface area contributed by atoms with Gasteiger partial charge in [0, 0.05) is 17.5 Å². The lowest BCUT2D eigenvalue weighted by Gasteiger charge is -2.34. The van der Waals surface area contributed by atoms with Crippen molar-refractivity contribution in [3.05, 3.63) is 47.7 Å². The fraction of sp³-hybridized carbons (Fsp3) is 0.312. The van der Waals surface area contributed by atoms with Crippen molar-refractivity contribution in [3.8, 4) is 16.9 Å². The number of pyridine rings is 1. The fourth-order valence-electron chi connectivity index (χ4n) is 2.31. The van der Waals surface area contributed by atoms with E-state index in [1.165, 1.54) is 11.8 Å². The summed E-state index contributed by atoms with van der Waals surface area (Å²) in [6.07, 6.45) is -1.62. The molecule has 0 spiro atoms. The highest BCUT2D eigenvalue weighted by Gasteiger charge is 2.38. The average Bonchev–Trinajstić information content (AvgIpc) is 2.56. The molecule has 23 heavy (non-hydrogen) atoms. The van der Waals surface area contributed by atoms with E-state index in [2.05, 4.69) is 4.98 Å². The number of ether oxygens (including phenoxy) is 1. The third-order valence-corrected chi connectivity index (χ3v) is 5.06. The van der Waals surface area contributed by atoms with E-state index >= 15 is 0 Å². The SMILES string of the molecule is O[C@@H]1[C@@H](O)[C@H](Oc2cccc(-c3ccc(Cl)nc3)c2)SC[C@H]1O. The molecule has 0 unspecified atom stereocenters. The number of halogens is 1. The summed E-state index contributed by atoms with van der Waals surface area (Å²) in [5.74, 6) is 0.876. The zero-order valence-electron chi connectivity index (χ0n) is 12.0. The zero-order chi connectivity index (χ0) is 16.4. The summed E-state index contributed by atoms with van der Waals surface area (Å²) in [6.45, 7) is 0. The summed E-state index contributed by atoms with van der Waals surface area (Å²) in [4.78, 5) is 4.05. The van der Waals surface area contributed by atoms with Gasteiger partial charge >= 0.3 is 0 Å². The number of thioether (sulfide) groups is 1. The average molecular weight is 354 g/mol.